The fourth-order valence-electron chi connectivity index (χ4n) is 8.79. The molecular formula is C64H60BClF2N8O6. The van der Waals surface area contributed by atoms with Crippen molar-refractivity contribution in [1.82, 2.24) is 40.0 Å². The molecule has 0 aliphatic carbocycles. The van der Waals surface area contributed by atoms with Crippen LogP contribution in [0.3, 0.4) is 0 Å². The van der Waals surface area contributed by atoms with Crippen molar-refractivity contribution in [3.63, 3.8) is 0 Å². The van der Waals surface area contributed by atoms with E-state index in [0.717, 1.165) is 33.4 Å². The summed E-state index contributed by atoms with van der Waals surface area (Å²) in [4.78, 5) is 61.0. The third kappa shape index (κ3) is 14.0. The number of hydrogen-bond acceptors (Lipinski definition) is 8. The van der Waals surface area contributed by atoms with Crippen LogP contribution < -0.4 is 26.7 Å². The molecule has 14 nitrogen and oxygen atoms in total. The van der Waals surface area contributed by atoms with E-state index in [2.05, 4.69) is 45.1 Å². The van der Waals surface area contributed by atoms with Crippen LogP contribution in [0, 0.1) is 23.5 Å². The van der Waals surface area contributed by atoms with Crippen molar-refractivity contribution in [2.45, 2.75) is 27.7 Å². The van der Waals surface area contributed by atoms with Gasteiger partial charge in [-0.25, -0.2) is 18.7 Å². The van der Waals surface area contributed by atoms with Crippen molar-refractivity contribution < 1.29 is 38.0 Å². The maximum atomic E-state index is 13.6. The van der Waals surface area contributed by atoms with Crippen LogP contribution in [0.1, 0.15) is 69.4 Å². The molecule has 18 heteroatoms. The molecule has 4 heterocycles. The molecule has 0 radical (unpaired) electrons. The van der Waals surface area contributed by atoms with Gasteiger partial charge in [0.2, 0.25) is 0 Å². The minimum absolute atomic E-state index is 0.141. The molecule has 82 heavy (non-hydrogen) atoms. The predicted molar refractivity (Wildman–Crippen MR) is 320 cm³/mol. The molecule has 4 aromatic heterocycles. The van der Waals surface area contributed by atoms with Crippen molar-refractivity contribution in [3.05, 3.63) is 221 Å². The number of benzene rings is 6. The molecule has 416 valence electrons. The normalized spacial score (nSPS) is 10.9. The fourth-order valence-corrected chi connectivity index (χ4v) is 8.99. The summed E-state index contributed by atoms with van der Waals surface area (Å²) in [5, 5.41) is 28.8. The molecular weight excluding hydrogens is 1060 g/mol. The van der Waals surface area contributed by atoms with E-state index in [1.165, 1.54) is 24.3 Å². The molecule has 4 amide bonds. The Morgan fingerprint density at radius 3 is 1.33 bits per heavy atom. The summed E-state index contributed by atoms with van der Waals surface area (Å²) in [6, 6.07) is 48.7. The molecule has 0 aliphatic rings. The molecule has 0 saturated heterocycles. The summed E-state index contributed by atoms with van der Waals surface area (Å²) in [5.74, 6) is -1.12. The van der Waals surface area contributed by atoms with Crippen LogP contribution in [-0.4, -0.2) is 86.7 Å². The topological polar surface area (TPSA) is 191 Å². The lowest BCUT2D eigenvalue weighted by atomic mass is 9.81. The summed E-state index contributed by atoms with van der Waals surface area (Å²) in [7, 11) is 1.76. The zero-order chi connectivity index (χ0) is 58.6. The third-order valence-electron chi connectivity index (χ3n) is 13.0. The highest BCUT2D eigenvalue weighted by Gasteiger charge is 2.23. The summed E-state index contributed by atoms with van der Waals surface area (Å²) in [6.07, 6.45) is 3.63. The van der Waals surface area contributed by atoms with Crippen molar-refractivity contribution in [1.29, 1.82) is 0 Å². The Morgan fingerprint density at radius 2 is 0.902 bits per heavy atom. The summed E-state index contributed by atoms with van der Waals surface area (Å²) >= 11 is 6.30. The Morgan fingerprint density at radius 1 is 0.500 bits per heavy atom. The van der Waals surface area contributed by atoms with Gasteiger partial charge in [0, 0.05) is 56.3 Å². The van der Waals surface area contributed by atoms with E-state index in [1.807, 2.05) is 98.9 Å². The predicted octanol–water partition coefficient (Wildman–Crippen LogP) is 10.8. The number of amides is 4. The number of carbonyl (C=O) groups is 4. The quantitative estimate of drug-likeness (QED) is 0.0580. The van der Waals surface area contributed by atoms with Gasteiger partial charge in [-0.1, -0.05) is 118 Å². The molecule has 0 spiro atoms. The van der Waals surface area contributed by atoms with Crippen LogP contribution in [0.15, 0.2) is 182 Å². The van der Waals surface area contributed by atoms with Gasteiger partial charge in [0.15, 0.2) is 0 Å². The number of fused-ring (bicyclic) bond motifs is 2. The van der Waals surface area contributed by atoms with Crippen molar-refractivity contribution >= 4 is 59.1 Å². The first-order valence-corrected chi connectivity index (χ1v) is 26.8. The molecule has 0 unspecified atom stereocenters. The Kier molecular flexibility index (Phi) is 19.2. The first-order valence-electron chi connectivity index (χ1n) is 26.4. The van der Waals surface area contributed by atoms with Crippen LogP contribution in [-0.2, 0) is 0 Å². The second-order valence-electron chi connectivity index (χ2n) is 19.9. The Bertz CT molecular complexity index is 3890. The SMILES string of the molecule is CNC(=O)c1c(-c2ccc(F)cc2)nc2ccc(-c3ccc(-c4ccccc4)c(C(=O)NCC(C)C)c3)cn12.CNC(=O)c1c(-c2ccc(F)cc2)nc2ccc(-c3ccc(Cl)c(C(=O)NCC(C)C)c3)cn12.OB(O)c1ccccc1. The van der Waals surface area contributed by atoms with E-state index in [4.69, 9.17) is 21.6 Å². The summed E-state index contributed by atoms with van der Waals surface area (Å²) in [6.45, 7) is 9.26. The second kappa shape index (κ2) is 26.8. The number of halogens is 3. The smallest absolute Gasteiger partial charge is 0.423 e. The van der Waals surface area contributed by atoms with Crippen molar-refractivity contribution in [2.75, 3.05) is 27.2 Å². The number of imidazole rings is 2. The van der Waals surface area contributed by atoms with Crippen LogP contribution >= 0.6 is 11.6 Å². The minimum Gasteiger partial charge on any atom is -0.423 e. The van der Waals surface area contributed by atoms with E-state index in [9.17, 15) is 28.0 Å². The zero-order valence-electron chi connectivity index (χ0n) is 45.9. The van der Waals surface area contributed by atoms with Gasteiger partial charge in [0.25, 0.3) is 23.6 Å². The van der Waals surface area contributed by atoms with E-state index < -0.39 is 7.12 Å². The molecule has 0 aliphatic heterocycles. The molecule has 0 saturated carbocycles. The average Bonchev–Trinajstić information content (AvgIpc) is 4.30. The first-order chi connectivity index (χ1) is 39.4. The maximum absolute atomic E-state index is 13.6. The lowest BCUT2D eigenvalue weighted by Gasteiger charge is -2.14. The first kappa shape index (κ1) is 58.9. The maximum Gasteiger partial charge on any atom is 0.488 e. The summed E-state index contributed by atoms with van der Waals surface area (Å²) in [5.41, 5.74) is 10.4. The van der Waals surface area contributed by atoms with Gasteiger partial charge in [-0.15, -0.1) is 0 Å². The van der Waals surface area contributed by atoms with Crippen LogP contribution in [0.4, 0.5) is 8.78 Å². The number of carbonyl (C=O) groups excluding carboxylic acids is 4. The Balaban J connectivity index is 0.000000187. The Hall–Kier alpha value is -9.29. The zero-order valence-corrected chi connectivity index (χ0v) is 46.7. The average molecular weight is 1120 g/mol. The lowest BCUT2D eigenvalue weighted by Crippen LogP contribution is -2.29. The van der Waals surface area contributed by atoms with Gasteiger partial charge >= 0.3 is 7.12 Å². The number of rotatable bonds is 14. The Labute approximate surface area is 479 Å². The minimum atomic E-state index is -1.34. The highest BCUT2D eigenvalue weighted by Crippen LogP contribution is 2.33. The van der Waals surface area contributed by atoms with Crippen molar-refractivity contribution in [3.8, 4) is 55.9 Å². The number of nitrogens with one attached hydrogen (secondary N) is 4. The monoisotopic (exact) mass is 1120 g/mol. The molecule has 6 aromatic carbocycles. The molecule has 0 atom stereocenters. The number of nitrogens with zero attached hydrogens (tertiary/aromatic N) is 4. The van der Waals surface area contributed by atoms with Gasteiger partial charge in [0.05, 0.1) is 10.6 Å². The van der Waals surface area contributed by atoms with Gasteiger partial charge in [-0.05, 0) is 142 Å². The third-order valence-corrected chi connectivity index (χ3v) is 13.4. The highest BCUT2D eigenvalue weighted by molar-refractivity contribution is 6.58. The van der Waals surface area contributed by atoms with E-state index in [0.29, 0.717) is 91.7 Å². The number of aromatic nitrogens is 4. The van der Waals surface area contributed by atoms with Gasteiger partial charge < -0.3 is 31.3 Å². The molecule has 0 fully saturated rings. The highest BCUT2D eigenvalue weighted by atomic mass is 35.5. The number of hydrogen-bond donors (Lipinski definition) is 6. The standard InChI is InChI=1S/C32H29FN4O2.C26H24ClFN4O2.C6H7BO2/c1-20(2)18-35-31(38)27-17-23(11-15-26(27)21-7-5-4-6-8-21)24-12-16-28-36-29(22-9-13-25(33)14-10-22)30(32(39)34-3)37(28)19-24;1-15(2)13-30-25(33)20-12-17(6-10-21(20)27)18-7-11-22-31-23(16-4-8-19(28)9-5-16)24(26(34)29-3)32(22)14-18;8-7(9)6-4-2-1-3-5-6/h4-17,19-20H,18H2,1-3H3,(H,34,39)(H,35,38);4-12,14-15H,13H2,1-3H3,(H,29,34)(H,30,33);1-5,8-9H. The molecule has 10 aromatic rings. The van der Waals surface area contributed by atoms with E-state index >= 15 is 0 Å². The second-order valence-corrected chi connectivity index (χ2v) is 20.3. The van der Waals surface area contributed by atoms with Gasteiger partial charge in [0.1, 0.15) is 45.7 Å². The summed E-state index contributed by atoms with van der Waals surface area (Å²) < 4.78 is 30.4. The van der Waals surface area contributed by atoms with Crippen LogP contribution in [0.5, 0.6) is 0 Å². The largest absolute Gasteiger partial charge is 0.488 e. The molecule has 0 bridgehead atoms. The van der Waals surface area contributed by atoms with Crippen molar-refractivity contribution in [2.24, 2.45) is 11.8 Å². The molecule has 10 rings (SSSR count). The fraction of sp³-hybridized carbons (Fsp3) is 0.156. The lowest BCUT2D eigenvalue weighted by molar-refractivity contribution is 0.0941. The molecule has 6 N–H and O–H groups in total. The van der Waals surface area contributed by atoms with E-state index in [-0.39, 0.29) is 35.3 Å². The van der Waals surface area contributed by atoms with Crippen LogP contribution in [0.25, 0.3) is 67.2 Å². The van der Waals surface area contributed by atoms with Crippen LogP contribution in [0.2, 0.25) is 5.02 Å². The van der Waals surface area contributed by atoms with E-state index in [1.54, 1.807) is 95.8 Å². The number of pyridine rings is 2. The van der Waals surface area contributed by atoms with Gasteiger partial charge in [-0.3, -0.25) is 28.0 Å². The van der Waals surface area contributed by atoms with Gasteiger partial charge in [-0.2, -0.15) is 0 Å².